The van der Waals surface area contributed by atoms with Crippen LogP contribution in [0.15, 0.2) is 24.3 Å². The van der Waals surface area contributed by atoms with E-state index in [9.17, 15) is 4.79 Å². The molecule has 0 aromatic heterocycles. The van der Waals surface area contributed by atoms with Gasteiger partial charge >= 0.3 is 0 Å². The molecule has 0 bridgehead atoms. The lowest BCUT2D eigenvalue weighted by molar-refractivity contribution is -0.114. The van der Waals surface area contributed by atoms with Gasteiger partial charge in [-0.1, -0.05) is 6.58 Å². The molecule has 1 aromatic carbocycles. The molecule has 0 atom stereocenters. The molecule has 1 aromatic rings. The Kier molecular flexibility index (Phi) is 4.59. The van der Waals surface area contributed by atoms with E-state index in [4.69, 9.17) is 19.9 Å². The summed E-state index contributed by atoms with van der Waals surface area (Å²) in [6, 6.07) is 3.44. The van der Waals surface area contributed by atoms with Crippen molar-refractivity contribution in [3.63, 3.8) is 0 Å². The van der Waals surface area contributed by atoms with Crippen molar-refractivity contribution in [2.75, 3.05) is 21.3 Å². The Balaban J connectivity index is 3.17. The van der Waals surface area contributed by atoms with E-state index in [0.717, 1.165) is 5.56 Å². The van der Waals surface area contributed by atoms with Crippen LogP contribution >= 0.6 is 0 Å². The van der Waals surface area contributed by atoms with Crippen LogP contribution in [0.3, 0.4) is 0 Å². The molecule has 18 heavy (non-hydrogen) atoms. The zero-order valence-corrected chi connectivity index (χ0v) is 10.8. The molecule has 0 saturated heterocycles. The van der Waals surface area contributed by atoms with Gasteiger partial charge < -0.3 is 19.9 Å². The molecule has 0 aliphatic rings. The van der Waals surface area contributed by atoms with Crippen molar-refractivity contribution >= 4 is 5.91 Å². The third-order valence-corrected chi connectivity index (χ3v) is 2.54. The van der Waals surface area contributed by atoms with Crippen LogP contribution in [0.2, 0.25) is 0 Å². The van der Waals surface area contributed by atoms with Crippen LogP contribution in [0.25, 0.3) is 0 Å². The number of benzene rings is 1. The third kappa shape index (κ3) is 2.94. The lowest BCUT2D eigenvalue weighted by atomic mass is 10.0. The summed E-state index contributed by atoms with van der Waals surface area (Å²) in [4.78, 5) is 11.0. The largest absolute Gasteiger partial charge is 0.496 e. The summed E-state index contributed by atoms with van der Waals surface area (Å²) in [5.74, 6) is 1.18. The Morgan fingerprint density at radius 2 is 1.61 bits per heavy atom. The highest BCUT2D eigenvalue weighted by Gasteiger charge is 2.14. The minimum absolute atomic E-state index is 0.304. The number of hydrogen-bond acceptors (Lipinski definition) is 4. The lowest BCUT2D eigenvalue weighted by Crippen LogP contribution is -2.15. The minimum Gasteiger partial charge on any atom is -0.496 e. The second kappa shape index (κ2) is 5.95. The maximum Gasteiger partial charge on any atom is 0.244 e. The van der Waals surface area contributed by atoms with Crippen LogP contribution in [-0.4, -0.2) is 27.2 Å². The fourth-order valence-corrected chi connectivity index (χ4v) is 1.55. The molecule has 2 N–H and O–H groups in total. The second-order valence-corrected chi connectivity index (χ2v) is 3.66. The molecular formula is C13H17NO4. The molecule has 5 heteroatoms. The predicted octanol–water partition coefficient (Wildman–Crippen LogP) is 1.30. The Morgan fingerprint density at radius 1 is 1.11 bits per heavy atom. The SMILES string of the molecule is C=C(Cc1cc(OC)c(OC)cc1OC)C(N)=O. The first-order chi connectivity index (χ1) is 8.53. The predicted molar refractivity (Wildman–Crippen MR) is 68.1 cm³/mol. The number of ether oxygens (including phenoxy) is 3. The summed E-state index contributed by atoms with van der Waals surface area (Å²) in [6.07, 6.45) is 0.304. The summed E-state index contributed by atoms with van der Waals surface area (Å²) in [6.45, 7) is 3.62. The van der Waals surface area contributed by atoms with Gasteiger partial charge in [-0.3, -0.25) is 4.79 Å². The van der Waals surface area contributed by atoms with Crippen LogP contribution in [0.4, 0.5) is 0 Å². The van der Waals surface area contributed by atoms with E-state index >= 15 is 0 Å². The number of methoxy groups -OCH3 is 3. The van der Waals surface area contributed by atoms with Crippen molar-refractivity contribution in [1.82, 2.24) is 0 Å². The number of carbonyl (C=O) groups excluding carboxylic acids is 1. The summed E-state index contributed by atoms with van der Waals surface area (Å²) < 4.78 is 15.6. The number of nitrogens with two attached hydrogens (primary N) is 1. The van der Waals surface area contributed by atoms with Gasteiger partial charge in [0.05, 0.1) is 21.3 Å². The van der Waals surface area contributed by atoms with Crippen LogP contribution < -0.4 is 19.9 Å². The van der Waals surface area contributed by atoms with E-state index < -0.39 is 5.91 Å². The smallest absolute Gasteiger partial charge is 0.244 e. The molecular weight excluding hydrogens is 234 g/mol. The Bertz CT molecular complexity index is 468. The highest BCUT2D eigenvalue weighted by Crippen LogP contribution is 2.35. The minimum atomic E-state index is -0.535. The first kappa shape index (κ1) is 13.9. The van der Waals surface area contributed by atoms with E-state index in [0.29, 0.717) is 29.2 Å². The van der Waals surface area contributed by atoms with Crippen LogP contribution in [0.5, 0.6) is 17.2 Å². The standard InChI is InChI=1S/C13H17NO4/c1-8(13(14)15)5-9-6-11(17-3)12(18-4)7-10(9)16-2/h6-7H,1,5H2,2-4H3,(H2,14,15). The van der Waals surface area contributed by atoms with Crippen LogP contribution in [0, 0.1) is 0 Å². The van der Waals surface area contributed by atoms with E-state index in [-0.39, 0.29) is 0 Å². The van der Waals surface area contributed by atoms with Gasteiger partial charge in [0.25, 0.3) is 0 Å². The zero-order valence-electron chi connectivity index (χ0n) is 10.8. The van der Waals surface area contributed by atoms with Crippen molar-refractivity contribution < 1.29 is 19.0 Å². The van der Waals surface area contributed by atoms with Gasteiger partial charge in [0, 0.05) is 23.6 Å². The molecule has 0 spiro atoms. The number of primary amides is 1. The highest BCUT2D eigenvalue weighted by molar-refractivity contribution is 5.91. The summed E-state index contributed by atoms with van der Waals surface area (Å²) >= 11 is 0. The highest BCUT2D eigenvalue weighted by atomic mass is 16.5. The van der Waals surface area contributed by atoms with Crippen molar-refractivity contribution in [2.24, 2.45) is 5.73 Å². The monoisotopic (exact) mass is 251 g/mol. The summed E-state index contributed by atoms with van der Waals surface area (Å²) in [5, 5.41) is 0. The number of amides is 1. The maximum absolute atomic E-state index is 11.0. The summed E-state index contributed by atoms with van der Waals surface area (Å²) in [5.41, 5.74) is 6.24. The van der Waals surface area contributed by atoms with Gasteiger partial charge in [-0.2, -0.15) is 0 Å². The molecule has 0 radical (unpaired) electrons. The van der Waals surface area contributed by atoms with Crippen molar-refractivity contribution in [2.45, 2.75) is 6.42 Å². The molecule has 5 nitrogen and oxygen atoms in total. The number of rotatable bonds is 6. The molecule has 1 amide bonds. The first-order valence-electron chi connectivity index (χ1n) is 5.30. The fraction of sp³-hybridized carbons (Fsp3) is 0.308. The molecule has 0 fully saturated rings. The van der Waals surface area contributed by atoms with Crippen molar-refractivity contribution in [3.8, 4) is 17.2 Å². The van der Waals surface area contributed by atoms with Crippen molar-refractivity contribution in [3.05, 3.63) is 29.8 Å². The molecule has 0 aliphatic carbocycles. The van der Waals surface area contributed by atoms with Gasteiger partial charge in [-0.25, -0.2) is 0 Å². The lowest BCUT2D eigenvalue weighted by Gasteiger charge is -2.14. The topological polar surface area (TPSA) is 70.8 Å². The quantitative estimate of drug-likeness (QED) is 0.773. The fourth-order valence-electron chi connectivity index (χ4n) is 1.55. The second-order valence-electron chi connectivity index (χ2n) is 3.66. The maximum atomic E-state index is 11.0. The molecule has 98 valence electrons. The van der Waals surface area contributed by atoms with Crippen molar-refractivity contribution in [1.29, 1.82) is 0 Å². The Labute approximate surface area is 106 Å². The Hall–Kier alpha value is -2.17. The van der Waals surface area contributed by atoms with Gasteiger partial charge in [0.2, 0.25) is 5.91 Å². The third-order valence-electron chi connectivity index (χ3n) is 2.54. The van der Waals surface area contributed by atoms with Gasteiger partial charge in [0.15, 0.2) is 11.5 Å². The van der Waals surface area contributed by atoms with Gasteiger partial charge in [0.1, 0.15) is 5.75 Å². The average Bonchev–Trinajstić information content (AvgIpc) is 2.37. The van der Waals surface area contributed by atoms with Crippen LogP contribution in [0.1, 0.15) is 5.56 Å². The number of carbonyl (C=O) groups is 1. The molecule has 1 rings (SSSR count). The molecule has 0 aliphatic heterocycles. The normalized spacial score (nSPS) is 9.72. The van der Waals surface area contributed by atoms with E-state index in [1.165, 1.54) is 14.2 Å². The van der Waals surface area contributed by atoms with E-state index in [1.54, 1.807) is 19.2 Å². The zero-order chi connectivity index (χ0) is 13.7. The van der Waals surface area contributed by atoms with E-state index in [2.05, 4.69) is 6.58 Å². The van der Waals surface area contributed by atoms with Gasteiger partial charge in [-0.15, -0.1) is 0 Å². The number of hydrogen-bond donors (Lipinski definition) is 1. The molecule has 0 heterocycles. The first-order valence-corrected chi connectivity index (χ1v) is 5.30. The summed E-state index contributed by atoms with van der Waals surface area (Å²) in [7, 11) is 4.62. The van der Waals surface area contributed by atoms with Crippen LogP contribution in [-0.2, 0) is 11.2 Å². The van der Waals surface area contributed by atoms with Gasteiger partial charge in [-0.05, 0) is 6.07 Å². The van der Waals surface area contributed by atoms with E-state index in [1.807, 2.05) is 0 Å². The molecule has 0 unspecified atom stereocenters. The molecule has 0 saturated carbocycles. The Morgan fingerprint density at radius 3 is 2.06 bits per heavy atom. The average molecular weight is 251 g/mol.